The summed E-state index contributed by atoms with van der Waals surface area (Å²) in [4.78, 5) is 13.6. The van der Waals surface area contributed by atoms with E-state index in [1.807, 2.05) is 0 Å². The first-order valence-electron chi connectivity index (χ1n) is 6.68. The van der Waals surface area contributed by atoms with Crippen LogP contribution in [0.15, 0.2) is 11.6 Å². The third-order valence-corrected chi connectivity index (χ3v) is 7.13. The quantitative estimate of drug-likeness (QED) is 0.426. The highest BCUT2D eigenvalue weighted by Crippen LogP contribution is 2.60. The van der Waals surface area contributed by atoms with E-state index in [1.54, 1.807) is 6.08 Å². The topological polar surface area (TPSA) is 76.1 Å². The highest BCUT2D eigenvalue weighted by molar-refractivity contribution is 7.54. The maximum absolute atomic E-state index is 12.9. The van der Waals surface area contributed by atoms with Crippen LogP contribution in [0.4, 0.5) is 0 Å². The Balaban J connectivity index is 2.50. The predicted octanol–water partition coefficient (Wildman–Crippen LogP) is 2.93. The molecule has 2 rings (SSSR count). The Morgan fingerprint density at radius 1 is 1.39 bits per heavy atom. The molecule has 1 heterocycles. The molecule has 1 amide bonds. The summed E-state index contributed by atoms with van der Waals surface area (Å²) in [5.41, 5.74) is 0.588. The molecule has 1 aliphatic carbocycles. The standard InChI is InChI=1S/C12H16Cl4NO5P/c1-21-23(20,22-2)10-7-4-8(13)9(18)3-6(7)5-17(10)11(19)12(14,15)16/h4,6,8-10,18H,3,5H2,1-2H3/t6-,8-,9-,10-/m0/s1. The average molecular weight is 427 g/mol. The van der Waals surface area contributed by atoms with Crippen molar-refractivity contribution >= 4 is 59.9 Å². The number of amides is 1. The molecule has 1 saturated heterocycles. The van der Waals surface area contributed by atoms with Gasteiger partial charge in [0.1, 0.15) is 0 Å². The number of alkyl halides is 4. The van der Waals surface area contributed by atoms with Crippen molar-refractivity contribution in [3.63, 3.8) is 0 Å². The molecular formula is C12H16Cl4NO5P. The van der Waals surface area contributed by atoms with Crippen molar-refractivity contribution in [1.29, 1.82) is 0 Å². The number of hydrogen-bond donors (Lipinski definition) is 1. The normalized spacial score (nSPS) is 31.8. The first-order valence-corrected chi connectivity index (χ1v) is 9.86. The smallest absolute Gasteiger partial charge is 0.356 e. The first kappa shape index (κ1) is 19.8. The van der Waals surface area contributed by atoms with Gasteiger partial charge in [0.2, 0.25) is 0 Å². The van der Waals surface area contributed by atoms with Gasteiger partial charge in [0.15, 0.2) is 5.78 Å². The van der Waals surface area contributed by atoms with Crippen molar-refractivity contribution in [2.45, 2.75) is 27.5 Å². The molecule has 132 valence electrons. The molecule has 23 heavy (non-hydrogen) atoms. The summed E-state index contributed by atoms with van der Waals surface area (Å²) < 4.78 is 20.8. The SMILES string of the molecule is COP(=O)(OC)[C@H]1C2=C[C@H](Cl)[C@@H](O)C[C@H]2CN1C(=O)C(Cl)(Cl)Cl. The molecule has 0 saturated carbocycles. The second-order valence-corrected chi connectivity index (χ2v) is 10.4. The average Bonchev–Trinajstić information content (AvgIpc) is 2.84. The van der Waals surface area contributed by atoms with Crippen molar-refractivity contribution in [3.8, 4) is 0 Å². The van der Waals surface area contributed by atoms with Gasteiger partial charge < -0.3 is 19.1 Å². The summed E-state index contributed by atoms with van der Waals surface area (Å²) in [5, 5.41) is 9.25. The molecule has 4 atom stereocenters. The van der Waals surface area contributed by atoms with Crippen molar-refractivity contribution in [3.05, 3.63) is 11.6 Å². The Morgan fingerprint density at radius 3 is 2.43 bits per heavy atom. The van der Waals surface area contributed by atoms with E-state index in [0.717, 1.165) is 0 Å². The van der Waals surface area contributed by atoms with Crippen molar-refractivity contribution in [2.75, 3.05) is 20.8 Å². The number of aliphatic hydroxyl groups excluding tert-OH is 1. The van der Waals surface area contributed by atoms with Crippen LogP contribution < -0.4 is 0 Å². The lowest BCUT2D eigenvalue weighted by Crippen LogP contribution is -2.43. The lowest BCUT2D eigenvalue weighted by Gasteiger charge is -2.32. The third kappa shape index (κ3) is 3.70. The second kappa shape index (κ2) is 7.00. The van der Waals surface area contributed by atoms with Gasteiger partial charge in [0.25, 0.3) is 9.70 Å². The number of hydrogen-bond acceptors (Lipinski definition) is 5. The Hall–Kier alpha value is 0.480. The molecule has 2 aliphatic rings. The van der Waals surface area contributed by atoms with Crippen LogP contribution >= 0.6 is 54.0 Å². The van der Waals surface area contributed by atoms with Crippen LogP contribution in [0.2, 0.25) is 0 Å². The van der Waals surface area contributed by atoms with Gasteiger partial charge in [-0.05, 0) is 12.0 Å². The Bertz CT molecular complexity index is 558. The van der Waals surface area contributed by atoms with Gasteiger partial charge >= 0.3 is 7.60 Å². The maximum Gasteiger partial charge on any atom is 0.356 e. The summed E-state index contributed by atoms with van der Waals surface area (Å²) in [7, 11) is -1.29. The fourth-order valence-electron chi connectivity index (χ4n) is 2.97. The lowest BCUT2D eigenvalue weighted by molar-refractivity contribution is -0.130. The molecule has 1 fully saturated rings. The van der Waals surface area contributed by atoms with Gasteiger partial charge in [-0.1, -0.05) is 40.9 Å². The first-order chi connectivity index (χ1) is 10.5. The fraction of sp³-hybridized carbons (Fsp3) is 0.750. The van der Waals surface area contributed by atoms with Crippen molar-refractivity contribution in [1.82, 2.24) is 4.90 Å². The number of likely N-dealkylation sites (tertiary alicyclic amines) is 1. The zero-order valence-corrected chi connectivity index (χ0v) is 16.2. The van der Waals surface area contributed by atoms with Crippen LogP contribution in [0.3, 0.4) is 0 Å². The molecular weight excluding hydrogens is 411 g/mol. The number of aliphatic hydroxyl groups is 1. The van der Waals surface area contributed by atoms with Crippen molar-refractivity contribution < 1.29 is 23.5 Å². The molecule has 6 nitrogen and oxygen atoms in total. The van der Waals surface area contributed by atoms with E-state index in [2.05, 4.69) is 0 Å². The molecule has 0 radical (unpaired) electrons. The van der Waals surface area contributed by atoms with E-state index in [0.29, 0.717) is 12.0 Å². The summed E-state index contributed by atoms with van der Waals surface area (Å²) >= 11 is 23.2. The molecule has 0 aromatic rings. The molecule has 0 bridgehead atoms. The summed E-state index contributed by atoms with van der Waals surface area (Å²) in [6.07, 6.45) is 1.09. The minimum atomic E-state index is -3.72. The lowest BCUT2D eigenvalue weighted by atomic mass is 9.88. The molecule has 0 aromatic carbocycles. The largest absolute Gasteiger partial charge is 0.391 e. The van der Waals surface area contributed by atoms with Gasteiger partial charge in [0.05, 0.1) is 11.5 Å². The molecule has 0 aromatic heterocycles. The molecule has 1 aliphatic heterocycles. The van der Waals surface area contributed by atoms with E-state index in [4.69, 9.17) is 55.5 Å². The Labute approximate surface area is 154 Å². The number of rotatable bonds is 3. The van der Waals surface area contributed by atoms with Crippen LogP contribution in [0, 0.1) is 5.92 Å². The number of carbonyl (C=O) groups is 1. The van der Waals surface area contributed by atoms with Crippen LogP contribution in [0.5, 0.6) is 0 Å². The summed E-state index contributed by atoms with van der Waals surface area (Å²) in [5.74, 6) is -2.14. The van der Waals surface area contributed by atoms with Crippen LogP contribution in [0.1, 0.15) is 6.42 Å². The zero-order valence-electron chi connectivity index (χ0n) is 12.3. The second-order valence-electron chi connectivity index (χ2n) is 5.34. The Morgan fingerprint density at radius 2 is 1.96 bits per heavy atom. The van der Waals surface area contributed by atoms with E-state index >= 15 is 0 Å². The number of nitrogens with zero attached hydrogens (tertiary/aromatic N) is 1. The van der Waals surface area contributed by atoms with E-state index in [9.17, 15) is 14.5 Å². The zero-order chi connectivity index (χ0) is 17.6. The van der Waals surface area contributed by atoms with E-state index in [1.165, 1.54) is 19.1 Å². The predicted molar refractivity (Wildman–Crippen MR) is 89.3 cm³/mol. The minimum Gasteiger partial charge on any atom is -0.391 e. The number of fused-ring (bicyclic) bond motifs is 1. The van der Waals surface area contributed by atoms with Crippen LogP contribution in [-0.4, -0.2) is 57.7 Å². The van der Waals surface area contributed by atoms with Gasteiger partial charge in [-0.15, -0.1) is 11.6 Å². The molecule has 11 heteroatoms. The fourth-order valence-corrected chi connectivity index (χ4v) is 5.29. The van der Waals surface area contributed by atoms with Crippen LogP contribution in [-0.2, 0) is 18.4 Å². The highest BCUT2D eigenvalue weighted by atomic mass is 35.6. The van der Waals surface area contributed by atoms with Crippen molar-refractivity contribution in [2.24, 2.45) is 5.92 Å². The van der Waals surface area contributed by atoms with Gasteiger partial charge in [-0.3, -0.25) is 9.36 Å². The molecule has 0 unspecified atom stereocenters. The number of halogens is 4. The minimum absolute atomic E-state index is 0.126. The van der Waals surface area contributed by atoms with Gasteiger partial charge in [0, 0.05) is 26.7 Å². The van der Waals surface area contributed by atoms with Gasteiger partial charge in [-0.25, -0.2) is 0 Å². The van der Waals surface area contributed by atoms with E-state index < -0.39 is 34.6 Å². The summed E-state index contributed by atoms with van der Waals surface area (Å²) in [6, 6.07) is 0. The molecule has 1 N–H and O–H groups in total. The van der Waals surface area contributed by atoms with Gasteiger partial charge in [-0.2, -0.15) is 0 Å². The van der Waals surface area contributed by atoms with Crippen LogP contribution in [0.25, 0.3) is 0 Å². The Kier molecular flexibility index (Phi) is 6.03. The van der Waals surface area contributed by atoms with E-state index in [-0.39, 0.29) is 12.5 Å². The monoisotopic (exact) mass is 425 g/mol. The molecule has 0 spiro atoms. The third-order valence-electron chi connectivity index (χ3n) is 4.04. The summed E-state index contributed by atoms with van der Waals surface area (Å²) in [6.45, 7) is 0.126. The maximum atomic E-state index is 12.9. The number of carbonyl (C=O) groups excluding carboxylic acids is 1. The highest BCUT2D eigenvalue weighted by Gasteiger charge is 2.55.